The maximum atomic E-state index is 10.6. The molecule has 20 heavy (non-hydrogen) atoms. The number of carbonyl (C=O) groups excluding carboxylic acids is 1. The third kappa shape index (κ3) is 2.91. The molecule has 1 fully saturated rings. The van der Waals surface area contributed by atoms with Crippen molar-refractivity contribution in [2.45, 2.75) is 37.6 Å². The van der Waals surface area contributed by atoms with E-state index in [9.17, 15) is 25.2 Å². The van der Waals surface area contributed by atoms with Gasteiger partial charge in [-0.2, -0.15) is 0 Å². The molecule has 5 atom stereocenters. The molecule has 1 saturated heterocycles. The number of benzene rings is 1. The van der Waals surface area contributed by atoms with Crippen LogP contribution in [0, 0.1) is 0 Å². The molecule has 1 aromatic carbocycles. The average Bonchev–Trinajstić information content (AvgIpc) is 2.43. The lowest BCUT2D eigenvalue weighted by Crippen LogP contribution is -2.58. The molecule has 1 aromatic rings. The third-order valence-electron chi connectivity index (χ3n) is 3.28. The molecule has 4 N–H and O–H groups in total. The Morgan fingerprint density at radius 1 is 1.15 bits per heavy atom. The number of aliphatic hydroxyl groups is 3. The van der Waals surface area contributed by atoms with Gasteiger partial charge in [0.25, 0.3) is 0 Å². The zero-order chi connectivity index (χ0) is 14.9. The Morgan fingerprint density at radius 3 is 2.30 bits per heavy atom. The van der Waals surface area contributed by atoms with E-state index in [-0.39, 0.29) is 5.56 Å². The zero-order valence-corrected chi connectivity index (χ0v) is 10.8. The maximum absolute atomic E-state index is 10.6. The van der Waals surface area contributed by atoms with Crippen molar-refractivity contribution >= 4 is 11.7 Å². The lowest BCUT2D eigenvalue weighted by Gasteiger charge is -2.39. The van der Waals surface area contributed by atoms with Gasteiger partial charge in [0.15, 0.2) is 6.23 Å². The van der Waals surface area contributed by atoms with Crippen LogP contribution in [0.2, 0.25) is 0 Å². The molecule has 1 aliphatic rings. The van der Waals surface area contributed by atoms with Crippen LogP contribution in [0.25, 0.3) is 0 Å². The predicted octanol–water partition coefficient (Wildman–Crippen LogP) is -1.71. The second-order valence-corrected chi connectivity index (χ2v) is 4.74. The standard InChI is InChI=1S/C13H17NO6/c1-6-9(15)10(16)11(17)12(20-6)14-8-4-2-7(3-5-8)13(18)19/h2-6,9-12,14-17H,1H3,(H,18,19)/p-1/t6-,9+,10+,11+,12-/m1/s1. The van der Waals surface area contributed by atoms with Crippen LogP contribution in [0.5, 0.6) is 0 Å². The number of hydrogen-bond acceptors (Lipinski definition) is 7. The summed E-state index contributed by atoms with van der Waals surface area (Å²) < 4.78 is 5.36. The third-order valence-corrected chi connectivity index (χ3v) is 3.28. The van der Waals surface area contributed by atoms with Gasteiger partial charge in [-0.25, -0.2) is 0 Å². The summed E-state index contributed by atoms with van der Waals surface area (Å²) in [4.78, 5) is 10.6. The van der Waals surface area contributed by atoms with E-state index in [1.165, 1.54) is 24.3 Å². The normalized spacial score (nSPS) is 33.7. The number of hydrogen-bond donors (Lipinski definition) is 4. The Morgan fingerprint density at radius 2 is 1.75 bits per heavy atom. The van der Waals surface area contributed by atoms with E-state index < -0.39 is 36.6 Å². The van der Waals surface area contributed by atoms with Gasteiger partial charge in [0.2, 0.25) is 0 Å². The number of carboxylic acids is 1. The summed E-state index contributed by atoms with van der Waals surface area (Å²) in [5.74, 6) is -1.28. The Kier molecular flexibility index (Phi) is 4.24. The molecule has 0 bridgehead atoms. The van der Waals surface area contributed by atoms with Crippen molar-refractivity contribution in [3.63, 3.8) is 0 Å². The van der Waals surface area contributed by atoms with Gasteiger partial charge in [-0.05, 0) is 24.6 Å². The number of rotatable bonds is 3. The fraction of sp³-hybridized carbons (Fsp3) is 0.462. The van der Waals surface area contributed by atoms with Crippen LogP contribution < -0.4 is 10.4 Å². The van der Waals surface area contributed by atoms with Gasteiger partial charge in [-0.15, -0.1) is 0 Å². The Labute approximate surface area is 115 Å². The number of ether oxygens (including phenoxy) is 1. The molecule has 1 heterocycles. The fourth-order valence-electron chi connectivity index (χ4n) is 2.04. The maximum Gasteiger partial charge on any atom is 0.157 e. The van der Waals surface area contributed by atoms with Crippen LogP contribution in [0.15, 0.2) is 24.3 Å². The van der Waals surface area contributed by atoms with Crippen molar-refractivity contribution in [2.24, 2.45) is 0 Å². The van der Waals surface area contributed by atoms with E-state index >= 15 is 0 Å². The summed E-state index contributed by atoms with van der Waals surface area (Å²) in [5.41, 5.74) is 0.541. The van der Waals surface area contributed by atoms with E-state index in [2.05, 4.69) is 5.32 Å². The first kappa shape index (κ1) is 14.7. The van der Waals surface area contributed by atoms with E-state index in [1.54, 1.807) is 6.92 Å². The summed E-state index contributed by atoms with van der Waals surface area (Å²) >= 11 is 0. The monoisotopic (exact) mass is 282 g/mol. The molecule has 0 amide bonds. The largest absolute Gasteiger partial charge is 0.545 e. The Hall–Kier alpha value is -1.67. The topological polar surface area (TPSA) is 122 Å². The summed E-state index contributed by atoms with van der Waals surface area (Å²) in [7, 11) is 0. The average molecular weight is 282 g/mol. The minimum absolute atomic E-state index is 0.0319. The van der Waals surface area contributed by atoms with Crippen LogP contribution >= 0.6 is 0 Å². The van der Waals surface area contributed by atoms with Crippen LogP contribution in [-0.2, 0) is 4.74 Å². The molecule has 0 radical (unpaired) electrons. The van der Waals surface area contributed by atoms with Crippen molar-refractivity contribution < 1.29 is 30.0 Å². The van der Waals surface area contributed by atoms with Gasteiger partial charge >= 0.3 is 0 Å². The predicted molar refractivity (Wildman–Crippen MR) is 66.8 cm³/mol. The lowest BCUT2D eigenvalue weighted by atomic mass is 9.99. The number of carboxylic acid groups (broad SMARTS) is 1. The fourth-order valence-corrected chi connectivity index (χ4v) is 2.04. The highest BCUT2D eigenvalue weighted by Crippen LogP contribution is 2.22. The number of aliphatic hydroxyl groups excluding tert-OH is 3. The van der Waals surface area contributed by atoms with E-state index in [4.69, 9.17) is 4.74 Å². The quantitative estimate of drug-likeness (QED) is 0.520. The van der Waals surface area contributed by atoms with Crippen molar-refractivity contribution in [2.75, 3.05) is 5.32 Å². The highest BCUT2D eigenvalue weighted by atomic mass is 16.5. The van der Waals surface area contributed by atoms with Gasteiger partial charge < -0.3 is 35.3 Å². The SMILES string of the molecule is C[C@H]1O[C@@H](Nc2ccc(C(=O)[O-])cc2)[C@@H](O)[C@@H](O)[C@H]1O. The number of carbonyl (C=O) groups is 1. The molecule has 7 heteroatoms. The first-order valence-electron chi connectivity index (χ1n) is 6.17. The van der Waals surface area contributed by atoms with Crippen molar-refractivity contribution in [3.05, 3.63) is 29.8 Å². The van der Waals surface area contributed by atoms with E-state index in [1.807, 2.05) is 0 Å². The minimum Gasteiger partial charge on any atom is -0.545 e. The smallest absolute Gasteiger partial charge is 0.157 e. The Bertz CT molecular complexity index is 476. The van der Waals surface area contributed by atoms with Crippen molar-refractivity contribution in [1.82, 2.24) is 0 Å². The second-order valence-electron chi connectivity index (χ2n) is 4.74. The van der Waals surface area contributed by atoms with Crippen LogP contribution in [0.1, 0.15) is 17.3 Å². The molecular formula is C13H16NO6-. The number of aromatic carboxylic acids is 1. The molecule has 0 aliphatic carbocycles. The second kappa shape index (κ2) is 5.76. The summed E-state index contributed by atoms with van der Waals surface area (Å²) in [6.45, 7) is 1.58. The first-order chi connectivity index (χ1) is 9.40. The van der Waals surface area contributed by atoms with Crippen LogP contribution in [0.3, 0.4) is 0 Å². The molecule has 7 nitrogen and oxygen atoms in total. The van der Waals surface area contributed by atoms with Gasteiger partial charge in [-0.1, -0.05) is 12.1 Å². The first-order valence-corrected chi connectivity index (χ1v) is 6.17. The highest BCUT2D eigenvalue weighted by Gasteiger charge is 2.41. The van der Waals surface area contributed by atoms with Gasteiger partial charge in [0.1, 0.15) is 18.3 Å². The van der Waals surface area contributed by atoms with Gasteiger partial charge in [-0.3, -0.25) is 0 Å². The zero-order valence-electron chi connectivity index (χ0n) is 10.8. The van der Waals surface area contributed by atoms with Gasteiger partial charge in [0.05, 0.1) is 12.1 Å². The highest BCUT2D eigenvalue weighted by molar-refractivity contribution is 5.86. The molecule has 0 aromatic heterocycles. The molecule has 110 valence electrons. The molecule has 2 rings (SSSR count). The molecular weight excluding hydrogens is 266 g/mol. The summed E-state index contributed by atoms with van der Waals surface area (Å²) in [5, 5.41) is 42.5. The minimum atomic E-state index is -1.32. The van der Waals surface area contributed by atoms with E-state index in [0.29, 0.717) is 5.69 Å². The van der Waals surface area contributed by atoms with Crippen molar-refractivity contribution in [1.29, 1.82) is 0 Å². The summed E-state index contributed by atoms with van der Waals surface area (Å²) in [6.07, 6.45) is -5.34. The number of nitrogens with one attached hydrogen (secondary N) is 1. The van der Waals surface area contributed by atoms with Crippen LogP contribution in [-0.4, -0.2) is 51.9 Å². The lowest BCUT2D eigenvalue weighted by molar-refractivity contribution is -0.255. The molecule has 0 saturated carbocycles. The molecule has 0 unspecified atom stereocenters. The van der Waals surface area contributed by atoms with Crippen LogP contribution in [0.4, 0.5) is 5.69 Å². The Balaban J connectivity index is 2.07. The summed E-state index contributed by atoms with van der Waals surface area (Å²) in [6, 6.07) is 5.68. The number of anilines is 1. The molecule has 1 aliphatic heterocycles. The van der Waals surface area contributed by atoms with Crippen molar-refractivity contribution in [3.8, 4) is 0 Å². The van der Waals surface area contributed by atoms with E-state index in [0.717, 1.165) is 0 Å². The molecule has 0 spiro atoms. The van der Waals surface area contributed by atoms with Gasteiger partial charge in [0, 0.05) is 5.69 Å².